The summed E-state index contributed by atoms with van der Waals surface area (Å²) < 4.78 is 18.4. The van der Waals surface area contributed by atoms with E-state index in [1.165, 1.54) is 0 Å². The first kappa shape index (κ1) is 26.4. The number of carbonyl (C=O) groups is 2. The van der Waals surface area contributed by atoms with Crippen LogP contribution in [0.2, 0.25) is 0 Å². The van der Waals surface area contributed by atoms with Crippen LogP contribution in [0.25, 0.3) is 0 Å². The highest BCUT2D eigenvalue weighted by Crippen LogP contribution is 2.36. The molecule has 9 nitrogen and oxygen atoms in total. The highest BCUT2D eigenvalue weighted by atomic mass is 16.6. The van der Waals surface area contributed by atoms with Crippen LogP contribution in [-0.2, 0) is 32.5 Å². The predicted molar refractivity (Wildman–Crippen MR) is 133 cm³/mol. The molecule has 35 heavy (non-hydrogen) atoms. The number of nitrogens with zero attached hydrogens (tertiary/aromatic N) is 4. The maximum atomic E-state index is 12.9. The first-order chi connectivity index (χ1) is 16.9. The average molecular weight is 485 g/mol. The number of hydrogen-bond donors (Lipinski definition) is 0. The summed E-state index contributed by atoms with van der Waals surface area (Å²) in [4.78, 5) is 31.8. The molecule has 0 bridgehead atoms. The van der Waals surface area contributed by atoms with E-state index in [0.717, 1.165) is 22.8 Å². The molecule has 1 aliphatic rings. The molecule has 2 heterocycles. The first-order valence-electron chi connectivity index (χ1n) is 12.3. The maximum Gasteiger partial charge on any atom is 0.335 e. The van der Waals surface area contributed by atoms with Gasteiger partial charge >= 0.3 is 5.97 Å². The number of aromatic nitrogens is 2. The zero-order chi connectivity index (χ0) is 25.4. The minimum Gasteiger partial charge on any atom is -0.492 e. The molecule has 0 spiro atoms. The number of benzene rings is 1. The van der Waals surface area contributed by atoms with Gasteiger partial charge in [0.15, 0.2) is 11.9 Å². The van der Waals surface area contributed by atoms with E-state index in [0.29, 0.717) is 51.4 Å². The topological polar surface area (TPSA) is 95.3 Å². The van der Waals surface area contributed by atoms with Gasteiger partial charge in [-0.3, -0.25) is 9.48 Å². The number of rotatable bonds is 13. The van der Waals surface area contributed by atoms with Crippen LogP contribution in [0, 0.1) is 0 Å². The molecule has 1 aliphatic heterocycles. The number of ether oxygens (including phenoxy) is 3. The number of carbonyl (C=O) groups excluding carboxylic acids is 2. The van der Waals surface area contributed by atoms with Crippen LogP contribution in [0.4, 0.5) is 5.69 Å². The number of Topliss-reactive ketones (excluding diaryl/α,β-unsaturated/α-hetero) is 1. The third kappa shape index (κ3) is 6.28. The molecule has 1 aromatic carbocycles. The van der Waals surface area contributed by atoms with E-state index in [-0.39, 0.29) is 11.8 Å². The monoisotopic (exact) mass is 484 g/mol. The zero-order valence-corrected chi connectivity index (χ0v) is 21.3. The van der Waals surface area contributed by atoms with Gasteiger partial charge in [-0.25, -0.2) is 9.79 Å². The number of hydrogen-bond acceptors (Lipinski definition) is 8. The van der Waals surface area contributed by atoms with Crippen molar-refractivity contribution in [3.63, 3.8) is 0 Å². The minimum absolute atomic E-state index is 0.130. The van der Waals surface area contributed by atoms with Crippen LogP contribution < -0.4 is 4.74 Å². The number of fused-ring (bicyclic) bond motifs is 1. The Labute approximate surface area is 207 Å². The molecule has 0 amide bonds. The van der Waals surface area contributed by atoms with Gasteiger partial charge in [-0.2, -0.15) is 5.10 Å². The van der Waals surface area contributed by atoms with Crippen molar-refractivity contribution in [2.45, 2.75) is 59.1 Å². The van der Waals surface area contributed by atoms with Crippen molar-refractivity contribution in [1.29, 1.82) is 0 Å². The smallest absolute Gasteiger partial charge is 0.335 e. The molecule has 9 heteroatoms. The fraction of sp³-hybridized carbons (Fsp3) is 0.538. The molecule has 3 rings (SSSR count). The van der Waals surface area contributed by atoms with Crippen LogP contribution in [-0.4, -0.2) is 64.7 Å². The summed E-state index contributed by atoms with van der Waals surface area (Å²) in [6.45, 7) is 9.22. The Bertz CT molecular complexity index is 1030. The molecule has 2 aromatic rings. The third-order valence-corrected chi connectivity index (χ3v) is 5.95. The SMILES string of the molecule is CCOC(=O)C(Cc1ccc(OCCN2C(CC)=Nc3cnn(C)c3C2C(=O)CC)cc1)OCC. The molecule has 1 aromatic heterocycles. The molecule has 2 atom stereocenters. The Kier molecular flexibility index (Phi) is 9.42. The van der Waals surface area contributed by atoms with Crippen LogP contribution in [0.15, 0.2) is 35.5 Å². The molecule has 0 fully saturated rings. The summed E-state index contributed by atoms with van der Waals surface area (Å²) in [7, 11) is 1.84. The maximum absolute atomic E-state index is 12.9. The summed E-state index contributed by atoms with van der Waals surface area (Å²) in [5, 5.41) is 4.32. The van der Waals surface area contributed by atoms with Gasteiger partial charge in [0.1, 0.15) is 29.9 Å². The third-order valence-electron chi connectivity index (χ3n) is 5.95. The van der Waals surface area contributed by atoms with Gasteiger partial charge in [0.2, 0.25) is 0 Å². The molecule has 0 saturated carbocycles. The van der Waals surface area contributed by atoms with E-state index in [4.69, 9.17) is 19.2 Å². The second-order valence-corrected chi connectivity index (χ2v) is 8.23. The lowest BCUT2D eigenvalue weighted by Gasteiger charge is -2.36. The Morgan fingerprint density at radius 3 is 2.46 bits per heavy atom. The molecular weight excluding hydrogens is 448 g/mol. The molecule has 0 radical (unpaired) electrons. The highest BCUT2D eigenvalue weighted by Gasteiger charge is 2.36. The van der Waals surface area contributed by atoms with Gasteiger partial charge in [-0.05, 0) is 31.5 Å². The van der Waals surface area contributed by atoms with Crippen LogP contribution >= 0.6 is 0 Å². The molecule has 0 N–H and O–H groups in total. The summed E-state index contributed by atoms with van der Waals surface area (Å²) in [6.07, 6.45) is 2.67. The van der Waals surface area contributed by atoms with Crippen molar-refractivity contribution in [3.05, 3.63) is 41.7 Å². The fourth-order valence-corrected chi connectivity index (χ4v) is 4.24. The standard InChI is InChI=1S/C26H36N4O5/c1-6-21(31)25-24-20(17-27-29(24)5)28-23(7-2)30(25)14-15-35-19-12-10-18(11-13-19)16-22(33-8-3)26(32)34-9-4/h10-13,17,22,25H,6-9,14-16H2,1-5H3. The van der Waals surface area contributed by atoms with E-state index >= 15 is 0 Å². The number of amidine groups is 1. The van der Waals surface area contributed by atoms with Gasteiger partial charge in [0, 0.05) is 32.9 Å². The molecule has 190 valence electrons. The van der Waals surface area contributed by atoms with Gasteiger partial charge < -0.3 is 19.1 Å². The lowest BCUT2D eigenvalue weighted by Crippen LogP contribution is -2.43. The first-order valence-corrected chi connectivity index (χ1v) is 12.3. The summed E-state index contributed by atoms with van der Waals surface area (Å²) in [6, 6.07) is 7.18. The van der Waals surface area contributed by atoms with Gasteiger partial charge in [0.25, 0.3) is 0 Å². The highest BCUT2D eigenvalue weighted by molar-refractivity contribution is 5.95. The van der Waals surface area contributed by atoms with Crippen LogP contribution in [0.3, 0.4) is 0 Å². The van der Waals surface area contributed by atoms with Crippen molar-refractivity contribution >= 4 is 23.3 Å². The summed E-state index contributed by atoms with van der Waals surface area (Å²) in [5.41, 5.74) is 2.54. The van der Waals surface area contributed by atoms with Gasteiger partial charge in [-0.1, -0.05) is 26.0 Å². The molecular formula is C26H36N4O5. The quantitative estimate of drug-likeness (QED) is 0.399. The van der Waals surface area contributed by atoms with E-state index < -0.39 is 12.1 Å². The lowest BCUT2D eigenvalue weighted by molar-refractivity contribution is -0.156. The molecule has 0 aliphatic carbocycles. The second-order valence-electron chi connectivity index (χ2n) is 8.23. The Morgan fingerprint density at radius 2 is 1.83 bits per heavy atom. The lowest BCUT2D eigenvalue weighted by atomic mass is 10.0. The fourth-order valence-electron chi connectivity index (χ4n) is 4.24. The van der Waals surface area contributed by atoms with Crippen LogP contribution in [0.1, 0.15) is 57.8 Å². The largest absolute Gasteiger partial charge is 0.492 e. The van der Waals surface area contributed by atoms with Crippen molar-refractivity contribution in [1.82, 2.24) is 14.7 Å². The summed E-state index contributed by atoms with van der Waals surface area (Å²) >= 11 is 0. The van der Waals surface area contributed by atoms with E-state index in [1.807, 2.05) is 57.0 Å². The number of esters is 1. The van der Waals surface area contributed by atoms with Crippen molar-refractivity contribution in [3.8, 4) is 5.75 Å². The van der Waals surface area contributed by atoms with Crippen LogP contribution in [0.5, 0.6) is 5.75 Å². The Morgan fingerprint density at radius 1 is 1.09 bits per heavy atom. The van der Waals surface area contributed by atoms with E-state index in [1.54, 1.807) is 17.8 Å². The second kappa shape index (κ2) is 12.5. The predicted octanol–water partition coefficient (Wildman–Crippen LogP) is 3.79. The number of aryl methyl sites for hydroxylation is 1. The number of ketones is 1. The van der Waals surface area contributed by atoms with Gasteiger partial charge in [0.05, 0.1) is 25.0 Å². The van der Waals surface area contributed by atoms with Crippen molar-refractivity contribution in [2.24, 2.45) is 12.0 Å². The molecule has 2 unspecified atom stereocenters. The zero-order valence-electron chi connectivity index (χ0n) is 21.3. The summed E-state index contributed by atoms with van der Waals surface area (Å²) in [5.74, 6) is 1.35. The van der Waals surface area contributed by atoms with Crippen molar-refractivity contribution < 1.29 is 23.8 Å². The average Bonchev–Trinajstić information content (AvgIpc) is 3.23. The van der Waals surface area contributed by atoms with E-state index in [2.05, 4.69) is 5.10 Å². The Hall–Kier alpha value is -3.20. The number of aliphatic imine (C=N–C) groups is 1. The van der Waals surface area contributed by atoms with Gasteiger partial charge in [-0.15, -0.1) is 0 Å². The normalized spacial score (nSPS) is 15.9. The Balaban J connectivity index is 1.65. The molecule has 0 saturated heterocycles. The van der Waals surface area contributed by atoms with E-state index in [9.17, 15) is 9.59 Å². The van der Waals surface area contributed by atoms with Crippen molar-refractivity contribution in [2.75, 3.05) is 26.4 Å². The minimum atomic E-state index is -0.623.